The zero-order valence-corrected chi connectivity index (χ0v) is 23.6. The molecule has 5 rings (SSSR count). The van der Waals surface area contributed by atoms with E-state index in [1.54, 1.807) is 36.4 Å². The number of piperidine rings is 1. The summed E-state index contributed by atoms with van der Waals surface area (Å²) < 4.78 is 39.7. The summed E-state index contributed by atoms with van der Waals surface area (Å²) in [5, 5.41) is 2.96. The van der Waals surface area contributed by atoms with Crippen LogP contribution in [0, 0.1) is 11.8 Å². The highest BCUT2D eigenvalue weighted by molar-refractivity contribution is 7.89. The Morgan fingerprint density at radius 2 is 1.67 bits per heavy atom. The molecule has 0 spiro atoms. The van der Waals surface area contributed by atoms with Crippen molar-refractivity contribution in [1.82, 2.24) is 4.31 Å². The number of hydrogen-bond donors (Lipinski definition) is 1. The van der Waals surface area contributed by atoms with E-state index >= 15 is 0 Å². The molecule has 2 aromatic rings. The van der Waals surface area contributed by atoms with Crippen molar-refractivity contribution >= 4 is 33.2 Å². The highest BCUT2D eigenvalue weighted by Gasteiger charge is 2.40. The van der Waals surface area contributed by atoms with Crippen LogP contribution in [0.3, 0.4) is 0 Å². The Morgan fingerprint density at radius 1 is 0.949 bits per heavy atom. The van der Waals surface area contributed by atoms with Gasteiger partial charge in [0, 0.05) is 42.7 Å². The van der Waals surface area contributed by atoms with Crippen LogP contribution in [0.25, 0.3) is 0 Å². The van der Waals surface area contributed by atoms with Crippen LogP contribution in [0.15, 0.2) is 41.3 Å². The summed E-state index contributed by atoms with van der Waals surface area (Å²) in [5.74, 6) is 0.992. The summed E-state index contributed by atoms with van der Waals surface area (Å²) in [7, 11) is -3.72. The highest BCUT2D eigenvalue weighted by Crippen LogP contribution is 2.40. The molecule has 2 amide bonds. The van der Waals surface area contributed by atoms with Gasteiger partial charge in [-0.1, -0.05) is 0 Å². The lowest BCUT2D eigenvalue weighted by atomic mass is 9.97. The lowest BCUT2D eigenvalue weighted by Crippen LogP contribution is -2.41. The van der Waals surface area contributed by atoms with Crippen LogP contribution < -0.4 is 19.7 Å². The molecule has 2 heterocycles. The Labute approximate surface area is 230 Å². The van der Waals surface area contributed by atoms with Gasteiger partial charge in [0.05, 0.1) is 23.8 Å². The fraction of sp³-hybridized carbons (Fsp3) is 0.517. The number of rotatable bonds is 9. The molecular weight excluding hydrogens is 518 g/mol. The van der Waals surface area contributed by atoms with Crippen molar-refractivity contribution in [3.05, 3.63) is 42.0 Å². The van der Waals surface area contributed by atoms with Gasteiger partial charge < -0.3 is 19.7 Å². The smallest absolute Gasteiger partial charge is 0.243 e. The Balaban J connectivity index is 1.24. The molecule has 0 radical (unpaired) electrons. The van der Waals surface area contributed by atoms with Crippen LogP contribution in [0.5, 0.6) is 11.5 Å². The van der Waals surface area contributed by atoms with E-state index in [-0.39, 0.29) is 47.7 Å². The second kappa shape index (κ2) is 11.2. The predicted octanol–water partition coefficient (Wildman–Crippen LogP) is 4.21. The van der Waals surface area contributed by atoms with Gasteiger partial charge in [0.2, 0.25) is 21.8 Å². The standard InChI is InChI=1S/C29H37N3O6S/c1-4-37-23-8-11-27(38-5-2)25(18-23)30-28(33)20-12-14-31(15-13-20)39(35,36)24-9-10-26-22(17-24)16-19(3)32(26)29(34)21-6-7-21/h8-11,17-21H,4-7,12-16H2,1-3H3,(H,30,33). The summed E-state index contributed by atoms with van der Waals surface area (Å²) in [4.78, 5) is 28.0. The van der Waals surface area contributed by atoms with Gasteiger partial charge in [0.15, 0.2) is 0 Å². The maximum Gasteiger partial charge on any atom is 0.243 e. The fourth-order valence-electron chi connectivity index (χ4n) is 5.52. The van der Waals surface area contributed by atoms with Crippen LogP contribution >= 0.6 is 0 Å². The Bertz CT molecular complexity index is 1350. The molecule has 2 fully saturated rings. The number of anilines is 2. The zero-order valence-electron chi connectivity index (χ0n) is 22.8. The summed E-state index contributed by atoms with van der Waals surface area (Å²) in [6, 6.07) is 10.5. The van der Waals surface area contributed by atoms with Crippen LogP contribution in [0.1, 0.15) is 52.0 Å². The molecule has 1 aliphatic carbocycles. The Kier molecular flexibility index (Phi) is 7.87. The number of carbonyl (C=O) groups excluding carboxylic acids is 2. The summed E-state index contributed by atoms with van der Waals surface area (Å²) in [6.07, 6.45) is 3.36. The first-order chi connectivity index (χ1) is 18.7. The summed E-state index contributed by atoms with van der Waals surface area (Å²) in [6.45, 7) is 7.27. The molecule has 1 saturated carbocycles. The average molecular weight is 556 g/mol. The molecule has 1 unspecified atom stereocenters. The molecule has 10 heteroatoms. The summed E-state index contributed by atoms with van der Waals surface area (Å²) in [5.41, 5.74) is 2.27. The van der Waals surface area contributed by atoms with Crippen LogP contribution in [-0.2, 0) is 26.0 Å². The zero-order chi connectivity index (χ0) is 27.7. The van der Waals surface area contributed by atoms with Crippen molar-refractivity contribution in [2.45, 2.75) is 63.8 Å². The van der Waals surface area contributed by atoms with E-state index in [1.807, 2.05) is 25.7 Å². The maximum absolute atomic E-state index is 13.5. The molecule has 210 valence electrons. The number of ether oxygens (including phenoxy) is 2. The molecule has 3 aliphatic rings. The third-order valence-corrected chi connectivity index (χ3v) is 9.61. The van der Waals surface area contributed by atoms with Crippen molar-refractivity contribution in [2.24, 2.45) is 11.8 Å². The maximum atomic E-state index is 13.5. The van der Waals surface area contributed by atoms with E-state index in [9.17, 15) is 18.0 Å². The van der Waals surface area contributed by atoms with Gasteiger partial charge in [-0.25, -0.2) is 8.42 Å². The molecule has 2 aromatic carbocycles. The first kappa shape index (κ1) is 27.5. The van der Waals surface area contributed by atoms with E-state index in [1.165, 1.54) is 4.31 Å². The number of hydrogen-bond acceptors (Lipinski definition) is 6. The number of amides is 2. The molecular formula is C29H37N3O6S. The molecule has 0 aromatic heterocycles. The predicted molar refractivity (Wildman–Crippen MR) is 149 cm³/mol. The minimum absolute atomic E-state index is 0.0257. The van der Waals surface area contributed by atoms with Crippen molar-refractivity contribution in [1.29, 1.82) is 0 Å². The van der Waals surface area contributed by atoms with E-state index in [2.05, 4.69) is 5.32 Å². The molecule has 1 N–H and O–H groups in total. The first-order valence-corrected chi connectivity index (χ1v) is 15.3. The fourth-order valence-corrected chi connectivity index (χ4v) is 7.04. The SMILES string of the molecule is CCOc1ccc(OCC)c(NC(=O)C2CCN(S(=O)(=O)c3ccc4c(c3)CC(C)N4C(=O)C3CC3)CC2)c1. The van der Waals surface area contributed by atoms with Crippen molar-refractivity contribution in [3.8, 4) is 11.5 Å². The molecule has 2 aliphatic heterocycles. The molecule has 39 heavy (non-hydrogen) atoms. The minimum atomic E-state index is -3.72. The van der Waals surface area contributed by atoms with Gasteiger partial charge in [-0.05, 0) is 88.8 Å². The van der Waals surface area contributed by atoms with E-state index in [0.29, 0.717) is 49.7 Å². The number of fused-ring (bicyclic) bond motifs is 1. The largest absolute Gasteiger partial charge is 0.494 e. The van der Waals surface area contributed by atoms with Crippen LogP contribution in [0.4, 0.5) is 11.4 Å². The van der Waals surface area contributed by atoms with Crippen molar-refractivity contribution in [3.63, 3.8) is 0 Å². The first-order valence-electron chi connectivity index (χ1n) is 13.9. The average Bonchev–Trinajstić information content (AvgIpc) is 3.72. The van der Waals surface area contributed by atoms with Crippen molar-refractivity contribution < 1.29 is 27.5 Å². The van der Waals surface area contributed by atoms with Gasteiger partial charge in [0.25, 0.3) is 0 Å². The van der Waals surface area contributed by atoms with Crippen LogP contribution in [0.2, 0.25) is 0 Å². The monoisotopic (exact) mass is 555 g/mol. The van der Waals surface area contributed by atoms with Gasteiger partial charge >= 0.3 is 0 Å². The van der Waals surface area contributed by atoms with E-state index < -0.39 is 10.0 Å². The van der Waals surface area contributed by atoms with E-state index in [0.717, 1.165) is 24.1 Å². The van der Waals surface area contributed by atoms with Crippen LogP contribution in [-0.4, -0.2) is 56.9 Å². The minimum Gasteiger partial charge on any atom is -0.494 e. The topological polar surface area (TPSA) is 105 Å². The Hall–Kier alpha value is -3.11. The second-order valence-corrected chi connectivity index (χ2v) is 12.5. The molecule has 0 bridgehead atoms. The summed E-state index contributed by atoms with van der Waals surface area (Å²) >= 11 is 0. The van der Waals surface area contributed by atoms with Crippen molar-refractivity contribution in [2.75, 3.05) is 36.5 Å². The normalized spacial score (nSPS) is 20.0. The van der Waals surface area contributed by atoms with Gasteiger partial charge in [-0.3, -0.25) is 9.59 Å². The lowest BCUT2D eigenvalue weighted by Gasteiger charge is -2.31. The second-order valence-electron chi connectivity index (χ2n) is 10.5. The number of nitrogens with zero attached hydrogens (tertiary/aromatic N) is 2. The third-order valence-electron chi connectivity index (χ3n) is 7.71. The number of nitrogens with one attached hydrogen (secondary N) is 1. The van der Waals surface area contributed by atoms with Gasteiger partial charge in [0.1, 0.15) is 11.5 Å². The van der Waals surface area contributed by atoms with Gasteiger partial charge in [-0.15, -0.1) is 0 Å². The van der Waals surface area contributed by atoms with Gasteiger partial charge in [-0.2, -0.15) is 4.31 Å². The highest BCUT2D eigenvalue weighted by atomic mass is 32.2. The number of benzene rings is 2. The quantitative estimate of drug-likeness (QED) is 0.497. The van der Waals surface area contributed by atoms with E-state index in [4.69, 9.17) is 9.47 Å². The molecule has 1 atom stereocenters. The lowest BCUT2D eigenvalue weighted by molar-refractivity contribution is -0.121. The number of carbonyl (C=O) groups is 2. The molecule has 9 nitrogen and oxygen atoms in total. The third kappa shape index (κ3) is 5.63. The number of sulfonamides is 1. The molecule has 1 saturated heterocycles. The Morgan fingerprint density at radius 3 is 2.33 bits per heavy atom.